The molecule has 1 aromatic heterocycles. The number of hydrogen-bond donors (Lipinski definition) is 0. The standard InChI is InChI=1S/C18H16ClFN4O/c1-12-21-17(22-24(12)16-9-7-15(20)8-10-16)18(25)23(2)11-13-3-5-14(19)6-4-13/h3-10H,11H2,1-2H3. The Hall–Kier alpha value is -2.73. The molecule has 0 aliphatic heterocycles. The fourth-order valence-electron chi connectivity index (χ4n) is 2.41. The average molecular weight is 359 g/mol. The molecule has 7 heteroatoms. The van der Waals surface area contributed by atoms with Crippen molar-refractivity contribution in [2.24, 2.45) is 0 Å². The second-order valence-corrected chi connectivity index (χ2v) is 6.09. The van der Waals surface area contributed by atoms with E-state index in [9.17, 15) is 9.18 Å². The number of hydrogen-bond acceptors (Lipinski definition) is 3. The Morgan fingerprint density at radius 1 is 1.16 bits per heavy atom. The van der Waals surface area contributed by atoms with Gasteiger partial charge in [0.2, 0.25) is 5.82 Å². The van der Waals surface area contributed by atoms with Crippen molar-refractivity contribution in [3.05, 3.63) is 76.6 Å². The summed E-state index contributed by atoms with van der Waals surface area (Å²) in [5.74, 6) is 0.0209. The molecule has 1 heterocycles. The Morgan fingerprint density at radius 2 is 1.80 bits per heavy atom. The summed E-state index contributed by atoms with van der Waals surface area (Å²) >= 11 is 5.87. The molecule has 0 saturated heterocycles. The zero-order valence-electron chi connectivity index (χ0n) is 13.8. The molecule has 0 atom stereocenters. The molecule has 2 aromatic carbocycles. The third kappa shape index (κ3) is 3.85. The lowest BCUT2D eigenvalue weighted by Crippen LogP contribution is -2.27. The first-order valence-corrected chi connectivity index (χ1v) is 8.01. The Morgan fingerprint density at radius 3 is 2.44 bits per heavy atom. The Bertz CT molecular complexity index is 890. The number of rotatable bonds is 4. The highest BCUT2D eigenvalue weighted by atomic mass is 35.5. The molecule has 5 nitrogen and oxygen atoms in total. The first-order valence-electron chi connectivity index (χ1n) is 7.63. The van der Waals surface area contributed by atoms with Gasteiger partial charge in [-0.25, -0.2) is 14.1 Å². The number of aryl methyl sites for hydroxylation is 1. The Balaban J connectivity index is 1.79. The summed E-state index contributed by atoms with van der Waals surface area (Å²) in [5, 5.41) is 4.90. The van der Waals surface area contributed by atoms with E-state index in [0.29, 0.717) is 23.1 Å². The van der Waals surface area contributed by atoms with Gasteiger partial charge in [-0.1, -0.05) is 23.7 Å². The van der Waals surface area contributed by atoms with Crippen molar-refractivity contribution in [1.82, 2.24) is 19.7 Å². The van der Waals surface area contributed by atoms with Gasteiger partial charge in [-0.15, -0.1) is 5.10 Å². The quantitative estimate of drug-likeness (QED) is 0.715. The molecule has 0 aliphatic rings. The van der Waals surface area contributed by atoms with E-state index in [1.54, 1.807) is 38.2 Å². The van der Waals surface area contributed by atoms with E-state index >= 15 is 0 Å². The monoisotopic (exact) mass is 358 g/mol. The summed E-state index contributed by atoms with van der Waals surface area (Å²) in [6.07, 6.45) is 0. The largest absolute Gasteiger partial charge is 0.335 e. The maximum atomic E-state index is 13.1. The minimum absolute atomic E-state index is 0.0956. The predicted molar refractivity (Wildman–Crippen MR) is 93.3 cm³/mol. The summed E-state index contributed by atoms with van der Waals surface area (Å²) in [4.78, 5) is 18.3. The molecule has 3 rings (SSSR count). The highest BCUT2D eigenvalue weighted by molar-refractivity contribution is 6.30. The molecule has 0 bridgehead atoms. The maximum absolute atomic E-state index is 13.1. The van der Waals surface area contributed by atoms with Crippen LogP contribution in [0.5, 0.6) is 0 Å². The highest BCUT2D eigenvalue weighted by Gasteiger charge is 2.19. The molecular weight excluding hydrogens is 343 g/mol. The van der Waals surface area contributed by atoms with Crippen molar-refractivity contribution in [1.29, 1.82) is 0 Å². The average Bonchev–Trinajstić information content (AvgIpc) is 2.98. The van der Waals surface area contributed by atoms with Crippen molar-refractivity contribution in [3.8, 4) is 5.69 Å². The van der Waals surface area contributed by atoms with E-state index < -0.39 is 0 Å². The van der Waals surface area contributed by atoms with Crippen LogP contribution in [0.1, 0.15) is 22.0 Å². The van der Waals surface area contributed by atoms with Gasteiger partial charge in [0.05, 0.1) is 5.69 Å². The van der Waals surface area contributed by atoms with Crippen molar-refractivity contribution in [2.75, 3.05) is 7.05 Å². The first-order chi connectivity index (χ1) is 11.9. The molecule has 3 aromatic rings. The lowest BCUT2D eigenvalue weighted by atomic mass is 10.2. The smallest absolute Gasteiger partial charge is 0.293 e. The fourth-order valence-corrected chi connectivity index (χ4v) is 2.54. The van der Waals surface area contributed by atoms with Gasteiger partial charge in [0.25, 0.3) is 5.91 Å². The number of aromatic nitrogens is 3. The lowest BCUT2D eigenvalue weighted by molar-refractivity contribution is 0.0773. The van der Waals surface area contributed by atoms with Gasteiger partial charge in [0.1, 0.15) is 11.6 Å². The molecule has 0 fully saturated rings. The third-order valence-corrected chi connectivity index (χ3v) is 3.96. The van der Waals surface area contributed by atoms with Crippen LogP contribution in [0, 0.1) is 12.7 Å². The topological polar surface area (TPSA) is 51.0 Å². The summed E-state index contributed by atoms with van der Waals surface area (Å²) in [6, 6.07) is 13.1. The van der Waals surface area contributed by atoms with Crippen LogP contribution in [0.3, 0.4) is 0 Å². The van der Waals surface area contributed by atoms with E-state index in [4.69, 9.17) is 11.6 Å². The number of benzene rings is 2. The van der Waals surface area contributed by atoms with E-state index in [2.05, 4.69) is 10.1 Å². The molecule has 0 aliphatic carbocycles. The SMILES string of the molecule is Cc1nc(C(=O)N(C)Cc2ccc(Cl)cc2)nn1-c1ccc(F)cc1. The van der Waals surface area contributed by atoms with Gasteiger partial charge in [-0.2, -0.15) is 0 Å². The molecule has 0 unspecified atom stereocenters. The second-order valence-electron chi connectivity index (χ2n) is 5.66. The first kappa shape index (κ1) is 17.1. The molecule has 1 amide bonds. The van der Waals surface area contributed by atoms with Gasteiger partial charge in [0.15, 0.2) is 0 Å². The molecular formula is C18H16ClFN4O. The number of carbonyl (C=O) groups excluding carboxylic acids is 1. The zero-order valence-corrected chi connectivity index (χ0v) is 14.5. The van der Waals surface area contributed by atoms with E-state index in [0.717, 1.165) is 5.56 Å². The van der Waals surface area contributed by atoms with E-state index in [-0.39, 0.29) is 17.5 Å². The van der Waals surface area contributed by atoms with Crippen LogP contribution in [0.25, 0.3) is 5.69 Å². The van der Waals surface area contributed by atoms with Gasteiger partial charge in [0, 0.05) is 18.6 Å². The molecule has 128 valence electrons. The molecule has 25 heavy (non-hydrogen) atoms. The molecule has 0 spiro atoms. The van der Waals surface area contributed by atoms with Crippen molar-refractivity contribution >= 4 is 17.5 Å². The van der Waals surface area contributed by atoms with E-state index in [1.165, 1.54) is 21.7 Å². The van der Waals surface area contributed by atoms with Crippen LogP contribution in [0.4, 0.5) is 4.39 Å². The number of amides is 1. The molecule has 0 radical (unpaired) electrons. The van der Waals surface area contributed by atoms with E-state index in [1.807, 2.05) is 12.1 Å². The van der Waals surface area contributed by atoms with Gasteiger partial charge in [-0.05, 0) is 48.9 Å². The van der Waals surface area contributed by atoms with Gasteiger partial charge < -0.3 is 4.90 Å². The van der Waals surface area contributed by atoms with Crippen molar-refractivity contribution in [2.45, 2.75) is 13.5 Å². The molecule has 0 N–H and O–H groups in total. The Kier molecular flexibility index (Phi) is 4.81. The second kappa shape index (κ2) is 7.03. The van der Waals surface area contributed by atoms with Crippen molar-refractivity contribution in [3.63, 3.8) is 0 Å². The molecule has 0 saturated carbocycles. The number of halogens is 2. The summed E-state index contributed by atoms with van der Waals surface area (Å²) in [5.41, 5.74) is 1.60. The van der Waals surface area contributed by atoms with Crippen LogP contribution >= 0.6 is 11.6 Å². The third-order valence-electron chi connectivity index (χ3n) is 3.71. The van der Waals surface area contributed by atoms with Crippen LogP contribution < -0.4 is 0 Å². The minimum atomic E-state index is -0.333. The highest BCUT2D eigenvalue weighted by Crippen LogP contribution is 2.14. The normalized spacial score (nSPS) is 10.7. The predicted octanol–water partition coefficient (Wildman–Crippen LogP) is 3.64. The van der Waals surface area contributed by atoms with Gasteiger partial charge in [-0.3, -0.25) is 4.79 Å². The van der Waals surface area contributed by atoms with Gasteiger partial charge >= 0.3 is 0 Å². The minimum Gasteiger partial charge on any atom is -0.335 e. The summed E-state index contributed by atoms with van der Waals surface area (Å²) in [6.45, 7) is 2.16. The van der Waals surface area contributed by atoms with Crippen molar-refractivity contribution < 1.29 is 9.18 Å². The van der Waals surface area contributed by atoms with Crippen LogP contribution in [-0.2, 0) is 6.54 Å². The fraction of sp³-hybridized carbons (Fsp3) is 0.167. The van der Waals surface area contributed by atoms with Crippen LogP contribution in [0.15, 0.2) is 48.5 Å². The lowest BCUT2D eigenvalue weighted by Gasteiger charge is -2.15. The summed E-state index contributed by atoms with van der Waals surface area (Å²) in [7, 11) is 1.69. The van der Waals surface area contributed by atoms with Crippen LogP contribution in [-0.4, -0.2) is 32.6 Å². The Labute approximate surface area is 149 Å². The van der Waals surface area contributed by atoms with Crippen LogP contribution in [0.2, 0.25) is 5.02 Å². The summed E-state index contributed by atoms with van der Waals surface area (Å²) < 4.78 is 14.6. The number of carbonyl (C=O) groups is 1. The maximum Gasteiger partial charge on any atom is 0.293 e. The zero-order chi connectivity index (χ0) is 18.0. The number of nitrogens with zero attached hydrogens (tertiary/aromatic N) is 4.